The van der Waals surface area contributed by atoms with Crippen LogP contribution in [-0.2, 0) is 32.7 Å². The molecule has 0 fully saturated rings. The van der Waals surface area contributed by atoms with Crippen LogP contribution in [0.25, 0.3) is 0 Å². The maximum atomic E-state index is 12.7. The monoisotopic (exact) mass is 886 g/mol. The molecule has 4 N–H and O–H groups in total. The predicted octanol–water partition coefficient (Wildman–Crippen LogP) is 14.7. The van der Waals surface area contributed by atoms with Crippen LogP contribution in [-0.4, -0.2) is 60.5 Å². The van der Waals surface area contributed by atoms with Gasteiger partial charge < -0.3 is 25.2 Å². The number of phosphoric acid groups is 1. The third-order valence-electron chi connectivity index (χ3n) is 11.2. The van der Waals surface area contributed by atoms with Crippen molar-refractivity contribution in [1.29, 1.82) is 0 Å². The average Bonchev–Trinajstić information content (AvgIpc) is 3.24. The van der Waals surface area contributed by atoms with Crippen LogP contribution in [0.1, 0.15) is 245 Å². The van der Waals surface area contributed by atoms with Crippen molar-refractivity contribution in [1.82, 2.24) is 0 Å². The molecule has 0 aliphatic carbocycles. The highest BCUT2D eigenvalue weighted by Crippen LogP contribution is 2.43. The Hall–Kier alpha value is -1.55. The van der Waals surface area contributed by atoms with E-state index in [9.17, 15) is 19.0 Å². The van der Waals surface area contributed by atoms with Crippen molar-refractivity contribution in [2.24, 2.45) is 5.73 Å². The predicted molar refractivity (Wildman–Crippen MR) is 254 cm³/mol. The number of esters is 1. The van der Waals surface area contributed by atoms with Gasteiger partial charge in [0.2, 0.25) is 0 Å². The molecule has 0 radical (unpaired) electrons. The molecule has 0 aliphatic rings. The molecule has 0 rings (SSSR count). The van der Waals surface area contributed by atoms with Gasteiger partial charge in [-0.1, -0.05) is 218 Å². The fourth-order valence-electron chi connectivity index (χ4n) is 7.28. The number of carboxylic acids is 1. The van der Waals surface area contributed by atoms with Crippen LogP contribution < -0.4 is 5.73 Å². The summed E-state index contributed by atoms with van der Waals surface area (Å²) in [5, 5.41) is 8.92. The molecule has 10 nitrogen and oxygen atoms in total. The molecular formula is C50H96NO9P. The van der Waals surface area contributed by atoms with Crippen LogP contribution in [0.4, 0.5) is 0 Å². The molecule has 11 heteroatoms. The van der Waals surface area contributed by atoms with Gasteiger partial charge in [-0.25, -0.2) is 4.57 Å². The second-order valence-electron chi connectivity index (χ2n) is 17.3. The Kier molecular flexibility index (Phi) is 45.3. The number of nitrogens with two attached hydrogens (primary N) is 1. The van der Waals surface area contributed by atoms with E-state index in [1.807, 2.05) is 0 Å². The Labute approximate surface area is 374 Å². The lowest BCUT2D eigenvalue weighted by Crippen LogP contribution is -2.34. The lowest BCUT2D eigenvalue weighted by molar-refractivity contribution is -0.154. The molecule has 0 spiro atoms. The molecule has 0 amide bonds. The summed E-state index contributed by atoms with van der Waals surface area (Å²) in [5.41, 5.74) is 5.37. The summed E-state index contributed by atoms with van der Waals surface area (Å²) in [4.78, 5) is 33.7. The summed E-state index contributed by atoms with van der Waals surface area (Å²) in [5.74, 6) is -1.78. The largest absolute Gasteiger partial charge is 0.480 e. The maximum absolute atomic E-state index is 12.7. The Morgan fingerprint density at radius 1 is 0.525 bits per heavy atom. The normalized spacial score (nSPS) is 13.9. The first-order chi connectivity index (χ1) is 29.7. The van der Waals surface area contributed by atoms with E-state index in [1.54, 1.807) is 0 Å². The molecule has 0 aliphatic heterocycles. The van der Waals surface area contributed by atoms with Crippen LogP contribution in [0, 0.1) is 0 Å². The number of carbonyl (C=O) groups is 2. The molecule has 360 valence electrons. The fourth-order valence-corrected chi connectivity index (χ4v) is 8.06. The van der Waals surface area contributed by atoms with Gasteiger partial charge in [0.15, 0.2) is 0 Å². The van der Waals surface area contributed by atoms with Crippen LogP contribution in [0.5, 0.6) is 0 Å². The second kappa shape index (κ2) is 46.4. The van der Waals surface area contributed by atoms with Crippen LogP contribution in [0.3, 0.4) is 0 Å². The molecule has 0 aromatic heterocycles. The molecule has 3 unspecified atom stereocenters. The van der Waals surface area contributed by atoms with E-state index in [0.29, 0.717) is 13.0 Å². The van der Waals surface area contributed by atoms with Gasteiger partial charge in [-0.05, 0) is 44.9 Å². The van der Waals surface area contributed by atoms with E-state index in [0.717, 1.165) is 51.4 Å². The SMILES string of the molecule is CCCCCC/C=C\C/C=C\CCCCCCCCCC(=O)OC(COCCCCCCCCCCCCCCCCCCCCCCC)COP(=O)(O)OCC(N)C(=O)O. The minimum Gasteiger partial charge on any atom is -0.480 e. The van der Waals surface area contributed by atoms with Crippen molar-refractivity contribution in [3.05, 3.63) is 24.3 Å². The van der Waals surface area contributed by atoms with E-state index in [1.165, 1.54) is 167 Å². The second-order valence-corrected chi connectivity index (χ2v) is 18.8. The Balaban J connectivity index is 4.12. The van der Waals surface area contributed by atoms with Crippen molar-refractivity contribution in [3.8, 4) is 0 Å². The minimum absolute atomic E-state index is 0.0184. The van der Waals surface area contributed by atoms with Gasteiger partial charge in [-0.2, -0.15) is 0 Å². The van der Waals surface area contributed by atoms with Crippen molar-refractivity contribution in [2.45, 2.75) is 257 Å². The van der Waals surface area contributed by atoms with Gasteiger partial charge in [0.1, 0.15) is 12.1 Å². The van der Waals surface area contributed by atoms with Crippen molar-refractivity contribution in [2.75, 3.05) is 26.4 Å². The number of carboxylic acid groups (broad SMARTS) is 1. The summed E-state index contributed by atoms with van der Waals surface area (Å²) in [6.45, 7) is 3.91. The highest BCUT2D eigenvalue weighted by atomic mass is 31.2. The molecule has 0 bridgehead atoms. The number of aliphatic carboxylic acids is 1. The zero-order chi connectivity index (χ0) is 44.8. The van der Waals surface area contributed by atoms with E-state index in [4.69, 9.17) is 29.4 Å². The highest BCUT2D eigenvalue weighted by molar-refractivity contribution is 7.47. The third kappa shape index (κ3) is 46.3. The molecule has 0 saturated heterocycles. The summed E-state index contributed by atoms with van der Waals surface area (Å²) in [6.07, 6.45) is 52.3. The van der Waals surface area contributed by atoms with E-state index >= 15 is 0 Å². The smallest absolute Gasteiger partial charge is 0.472 e. The van der Waals surface area contributed by atoms with Crippen LogP contribution in [0.15, 0.2) is 24.3 Å². The number of phosphoric ester groups is 1. The number of ether oxygens (including phenoxy) is 2. The number of rotatable bonds is 49. The summed E-state index contributed by atoms with van der Waals surface area (Å²) in [7, 11) is -4.62. The van der Waals surface area contributed by atoms with Gasteiger partial charge in [0.05, 0.1) is 19.8 Å². The minimum atomic E-state index is -4.62. The third-order valence-corrected chi connectivity index (χ3v) is 12.2. The molecule has 3 atom stereocenters. The molecule has 61 heavy (non-hydrogen) atoms. The first-order valence-electron chi connectivity index (χ1n) is 25.4. The number of hydrogen-bond donors (Lipinski definition) is 3. The fraction of sp³-hybridized carbons (Fsp3) is 0.880. The van der Waals surface area contributed by atoms with Crippen molar-refractivity contribution < 1.29 is 42.7 Å². The summed E-state index contributed by atoms with van der Waals surface area (Å²) < 4.78 is 33.5. The number of hydrogen-bond acceptors (Lipinski definition) is 8. The van der Waals surface area contributed by atoms with Crippen molar-refractivity contribution >= 4 is 19.8 Å². The van der Waals surface area contributed by atoms with Crippen LogP contribution >= 0.6 is 7.82 Å². The quantitative estimate of drug-likeness (QED) is 0.0233. The van der Waals surface area contributed by atoms with E-state index in [2.05, 4.69) is 38.2 Å². The van der Waals surface area contributed by atoms with E-state index < -0.39 is 45.1 Å². The Morgan fingerprint density at radius 3 is 1.34 bits per heavy atom. The average molecular weight is 886 g/mol. The topological polar surface area (TPSA) is 155 Å². The molecular weight excluding hydrogens is 790 g/mol. The molecule has 0 aromatic rings. The number of unbranched alkanes of at least 4 members (excludes halogenated alkanes) is 31. The standard InChI is InChI=1S/C50H96NO9P/c1-3-5-7-9-11-13-15-17-19-21-23-24-25-27-29-31-33-35-37-39-41-43-57-44-47(45-58-61(55,56)59-46-48(51)50(53)54)60-49(52)42-40-38-36-34-32-30-28-26-22-20-18-16-14-12-10-8-6-4-2/h14,16,20,22,47-48H,3-13,15,17-19,21,23-46,51H2,1-2H3,(H,53,54)(H,55,56)/b16-14-,22-20-. The molecule has 0 saturated carbocycles. The lowest BCUT2D eigenvalue weighted by atomic mass is 10.0. The maximum Gasteiger partial charge on any atom is 0.472 e. The van der Waals surface area contributed by atoms with Crippen molar-refractivity contribution in [3.63, 3.8) is 0 Å². The molecule has 0 heterocycles. The first kappa shape index (κ1) is 59.5. The van der Waals surface area contributed by atoms with Gasteiger partial charge in [-0.3, -0.25) is 18.6 Å². The van der Waals surface area contributed by atoms with E-state index in [-0.39, 0.29) is 13.0 Å². The summed E-state index contributed by atoms with van der Waals surface area (Å²) >= 11 is 0. The van der Waals surface area contributed by atoms with Gasteiger partial charge in [0.25, 0.3) is 0 Å². The van der Waals surface area contributed by atoms with Gasteiger partial charge in [0, 0.05) is 13.0 Å². The highest BCUT2D eigenvalue weighted by Gasteiger charge is 2.27. The first-order valence-corrected chi connectivity index (χ1v) is 26.9. The Morgan fingerprint density at radius 2 is 0.902 bits per heavy atom. The zero-order valence-corrected chi connectivity index (χ0v) is 40.4. The lowest BCUT2D eigenvalue weighted by Gasteiger charge is -2.20. The molecule has 0 aromatic carbocycles. The number of allylic oxidation sites excluding steroid dienone is 4. The zero-order valence-electron chi connectivity index (χ0n) is 39.5. The number of carbonyl (C=O) groups excluding carboxylic acids is 1. The van der Waals surface area contributed by atoms with Gasteiger partial charge >= 0.3 is 19.8 Å². The van der Waals surface area contributed by atoms with Gasteiger partial charge in [-0.15, -0.1) is 0 Å². The van der Waals surface area contributed by atoms with Crippen LogP contribution in [0.2, 0.25) is 0 Å². The summed E-state index contributed by atoms with van der Waals surface area (Å²) in [6, 6.07) is -1.47. The Bertz CT molecular complexity index is 1070.